The summed E-state index contributed by atoms with van der Waals surface area (Å²) < 4.78 is 5.48. The highest BCUT2D eigenvalue weighted by atomic mass is 79.9. The number of rotatable bonds is 4. The van der Waals surface area contributed by atoms with Crippen LogP contribution in [0.5, 0.6) is 0 Å². The average molecular weight is 336 g/mol. The Morgan fingerprint density at radius 3 is 2.78 bits per heavy atom. The van der Waals surface area contributed by atoms with Gasteiger partial charge >= 0.3 is 12.0 Å². The summed E-state index contributed by atoms with van der Waals surface area (Å²) in [4.78, 5) is 22.5. The number of amides is 2. The van der Waals surface area contributed by atoms with E-state index in [9.17, 15) is 9.59 Å². The van der Waals surface area contributed by atoms with Crippen LogP contribution < -0.4 is 10.6 Å². The standard InChI is InChI=1S/C11H12BrClN2O3/c1-2-18-10(16)6-14-11(17)15-9-4-3-7(12)5-8(9)13/h3-5H,2,6H2,1H3,(H2,14,15,17). The fourth-order valence-corrected chi connectivity index (χ4v) is 1.84. The van der Waals surface area contributed by atoms with E-state index in [1.807, 2.05) is 0 Å². The minimum absolute atomic E-state index is 0.187. The third kappa shape index (κ3) is 4.93. The monoisotopic (exact) mass is 334 g/mol. The summed E-state index contributed by atoms with van der Waals surface area (Å²) in [6.45, 7) is 1.79. The lowest BCUT2D eigenvalue weighted by atomic mass is 10.3. The molecule has 0 saturated carbocycles. The van der Waals surface area contributed by atoms with Crippen LogP contribution in [0.15, 0.2) is 22.7 Å². The summed E-state index contributed by atoms with van der Waals surface area (Å²) in [6.07, 6.45) is 0. The zero-order valence-electron chi connectivity index (χ0n) is 9.63. The molecule has 0 saturated heterocycles. The van der Waals surface area contributed by atoms with Crippen LogP contribution in [-0.4, -0.2) is 25.2 Å². The largest absolute Gasteiger partial charge is 0.465 e. The summed E-state index contributed by atoms with van der Waals surface area (Å²) in [5, 5.41) is 5.29. The van der Waals surface area contributed by atoms with Gasteiger partial charge in [0.1, 0.15) is 6.54 Å². The van der Waals surface area contributed by atoms with Gasteiger partial charge in [0.25, 0.3) is 0 Å². The van der Waals surface area contributed by atoms with Crippen molar-refractivity contribution in [3.05, 3.63) is 27.7 Å². The van der Waals surface area contributed by atoms with Crippen molar-refractivity contribution < 1.29 is 14.3 Å². The van der Waals surface area contributed by atoms with Gasteiger partial charge < -0.3 is 15.4 Å². The van der Waals surface area contributed by atoms with Gasteiger partial charge in [-0.1, -0.05) is 27.5 Å². The third-order valence-electron chi connectivity index (χ3n) is 1.88. The normalized spacial score (nSPS) is 9.72. The fourth-order valence-electron chi connectivity index (χ4n) is 1.12. The molecule has 7 heteroatoms. The van der Waals surface area contributed by atoms with Crippen LogP contribution in [-0.2, 0) is 9.53 Å². The summed E-state index contributed by atoms with van der Waals surface area (Å²) in [7, 11) is 0. The number of urea groups is 1. The lowest BCUT2D eigenvalue weighted by Gasteiger charge is -2.08. The molecule has 0 bridgehead atoms. The molecule has 0 aliphatic carbocycles. The van der Waals surface area contributed by atoms with Gasteiger partial charge in [-0.25, -0.2) is 4.79 Å². The molecule has 0 atom stereocenters. The number of carbonyl (C=O) groups is 2. The molecule has 2 amide bonds. The summed E-state index contributed by atoms with van der Waals surface area (Å²) in [5.41, 5.74) is 0.459. The van der Waals surface area contributed by atoms with Crippen LogP contribution in [0.3, 0.4) is 0 Å². The zero-order chi connectivity index (χ0) is 13.5. The molecule has 0 heterocycles. The van der Waals surface area contributed by atoms with Gasteiger partial charge in [0.05, 0.1) is 17.3 Å². The fraction of sp³-hybridized carbons (Fsp3) is 0.273. The van der Waals surface area contributed by atoms with Crippen LogP contribution >= 0.6 is 27.5 Å². The van der Waals surface area contributed by atoms with Crippen LogP contribution in [0.25, 0.3) is 0 Å². The van der Waals surface area contributed by atoms with Crippen molar-refractivity contribution in [2.75, 3.05) is 18.5 Å². The molecular weight excluding hydrogens is 323 g/mol. The maximum Gasteiger partial charge on any atom is 0.325 e. The number of hydrogen-bond acceptors (Lipinski definition) is 3. The Bertz CT molecular complexity index is 454. The van der Waals surface area contributed by atoms with Crippen LogP contribution in [0, 0.1) is 0 Å². The van der Waals surface area contributed by atoms with Gasteiger partial charge in [-0.3, -0.25) is 4.79 Å². The molecule has 2 N–H and O–H groups in total. The van der Waals surface area contributed by atoms with E-state index in [0.717, 1.165) is 4.47 Å². The van der Waals surface area contributed by atoms with Crippen molar-refractivity contribution in [1.82, 2.24) is 5.32 Å². The Morgan fingerprint density at radius 1 is 1.44 bits per heavy atom. The lowest BCUT2D eigenvalue weighted by Crippen LogP contribution is -2.34. The second kappa shape index (κ2) is 7.23. The smallest absolute Gasteiger partial charge is 0.325 e. The van der Waals surface area contributed by atoms with Gasteiger partial charge in [-0.05, 0) is 25.1 Å². The lowest BCUT2D eigenvalue weighted by molar-refractivity contribution is -0.141. The Labute approximate surface area is 118 Å². The molecule has 1 aromatic rings. The maximum atomic E-state index is 11.5. The number of benzene rings is 1. The van der Waals surface area contributed by atoms with E-state index in [1.54, 1.807) is 25.1 Å². The molecule has 0 aliphatic rings. The van der Waals surface area contributed by atoms with Crippen molar-refractivity contribution in [2.45, 2.75) is 6.92 Å². The van der Waals surface area contributed by atoms with E-state index < -0.39 is 12.0 Å². The SMILES string of the molecule is CCOC(=O)CNC(=O)Nc1ccc(Br)cc1Cl. The molecule has 98 valence electrons. The zero-order valence-corrected chi connectivity index (χ0v) is 12.0. The van der Waals surface area contributed by atoms with Crippen molar-refractivity contribution in [1.29, 1.82) is 0 Å². The highest BCUT2D eigenvalue weighted by Crippen LogP contribution is 2.25. The molecule has 18 heavy (non-hydrogen) atoms. The molecule has 0 spiro atoms. The Balaban J connectivity index is 2.47. The van der Waals surface area contributed by atoms with Crippen molar-refractivity contribution >= 4 is 45.2 Å². The minimum Gasteiger partial charge on any atom is -0.465 e. The topological polar surface area (TPSA) is 67.4 Å². The number of esters is 1. The molecule has 0 radical (unpaired) electrons. The van der Waals surface area contributed by atoms with E-state index in [2.05, 4.69) is 31.3 Å². The number of nitrogens with one attached hydrogen (secondary N) is 2. The first-order chi connectivity index (χ1) is 8.52. The van der Waals surface area contributed by atoms with Gasteiger partial charge in [0.15, 0.2) is 0 Å². The number of hydrogen-bond donors (Lipinski definition) is 2. The highest BCUT2D eigenvalue weighted by Gasteiger charge is 2.08. The van der Waals surface area contributed by atoms with Crippen LogP contribution in [0.1, 0.15) is 6.92 Å². The molecule has 1 aromatic carbocycles. The number of ether oxygens (including phenoxy) is 1. The molecular formula is C11H12BrClN2O3. The van der Waals surface area contributed by atoms with E-state index in [1.165, 1.54) is 0 Å². The third-order valence-corrected chi connectivity index (χ3v) is 2.68. The Kier molecular flexibility index (Phi) is 5.94. The molecule has 1 rings (SSSR count). The molecule has 0 aromatic heterocycles. The Hall–Kier alpha value is -1.27. The van der Waals surface area contributed by atoms with Crippen LogP contribution in [0.4, 0.5) is 10.5 Å². The summed E-state index contributed by atoms with van der Waals surface area (Å²) >= 11 is 9.18. The second-order valence-electron chi connectivity index (χ2n) is 3.24. The van der Waals surface area contributed by atoms with Crippen LogP contribution in [0.2, 0.25) is 5.02 Å². The second-order valence-corrected chi connectivity index (χ2v) is 4.56. The van der Waals surface area contributed by atoms with Gasteiger partial charge in [-0.2, -0.15) is 0 Å². The van der Waals surface area contributed by atoms with Crippen molar-refractivity contribution in [2.24, 2.45) is 0 Å². The summed E-state index contributed by atoms with van der Waals surface area (Å²) in [5.74, 6) is -0.491. The molecule has 0 aliphatic heterocycles. The summed E-state index contributed by atoms with van der Waals surface area (Å²) in [6, 6.07) is 4.53. The van der Waals surface area contributed by atoms with Gasteiger partial charge in [-0.15, -0.1) is 0 Å². The highest BCUT2D eigenvalue weighted by molar-refractivity contribution is 9.10. The van der Waals surface area contributed by atoms with E-state index in [0.29, 0.717) is 10.7 Å². The molecule has 0 unspecified atom stereocenters. The number of carbonyl (C=O) groups excluding carboxylic acids is 2. The Morgan fingerprint density at radius 2 is 2.17 bits per heavy atom. The van der Waals surface area contributed by atoms with E-state index in [-0.39, 0.29) is 13.2 Å². The van der Waals surface area contributed by atoms with Crippen molar-refractivity contribution in [3.63, 3.8) is 0 Å². The number of anilines is 1. The first-order valence-corrected chi connectivity index (χ1v) is 6.35. The minimum atomic E-state index is -0.521. The quantitative estimate of drug-likeness (QED) is 0.831. The van der Waals surface area contributed by atoms with Crippen molar-refractivity contribution in [3.8, 4) is 0 Å². The number of halogens is 2. The predicted octanol–water partition coefficient (Wildman–Crippen LogP) is 2.79. The average Bonchev–Trinajstić information content (AvgIpc) is 2.31. The first kappa shape index (κ1) is 14.8. The maximum absolute atomic E-state index is 11.5. The predicted molar refractivity (Wildman–Crippen MR) is 72.8 cm³/mol. The molecule has 5 nitrogen and oxygen atoms in total. The van der Waals surface area contributed by atoms with E-state index in [4.69, 9.17) is 11.6 Å². The van der Waals surface area contributed by atoms with Gasteiger partial charge in [0.2, 0.25) is 0 Å². The molecule has 0 fully saturated rings. The van der Waals surface area contributed by atoms with E-state index >= 15 is 0 Å². The first-order valence-electron chi connectivity index (χ1n) is 5.18. The van der Waals surface area contributed by atoms with Gasteiger partial charge in [0, 0.05) is 4.47 Å².